The molecule has 10 rings (SSSR count). The van der Waals surface area contributed by atoms with E-state index in [0.717, 1.165) is 44.5 Å². The molecule has 1 unspecified atom stereocenters. The molecule has 3 fully saturated rings. The number of carbonyl (C=O) groups excluding carboxylic acids is 3. The zero-order chi connectivity index (χ0) is 45.8. The first-order valence-corrected chi connectivity index (χ1v) is 23.3. The summed E-state index contributed by atoms with van der Waals surface area (Å²) in [5.41, 5.74) is 0.306. The second-order valence-corrected chi connectivity index (χ2v) is 19.8. The highest BCUT2D eigenvalue weighted by molar-refractivity contribution is 5.96. The summed E-state index contributed by atoms with van der Waals surface area (Å²) in [5, 5.41) is 26.6. The van der Waals surface area contributed by atoms with E-state index in [1.807, 2.05) is 50.1 Å². The van der Waals surface area contributed by atoms with Gasteiger partial charge in [-0.2, -0.15) is 0 Å². The van der Waals surface area contributed by atoms with E-state index in [1.54, 1.807) is 7.11 Å². The Bertz CT molecular complexity index is 2610. The predicted molar refractivity (Wildman–Crippen MR) is 246 cm³/mol. The normalized spacial score (nSPS) is 34.6. The molecule has 13 heteroatoms. The lowest BCUT2D eigenvalue weighted by Gasteiger charge is -2.63. The highest BCUT2D eigenvalue weighted by Gasteiger charge is 2.80. The van der Waals surface area contributed by atoms with Gasteiger partial charge in [0.25, 0.3) is 0 Å². The standard InChI is InChI=1S/C52H62N4O9/c1-8-48(60)27-32-28-51(46(58)63-6,42-35(18-22-55(29-32)30-48)36-24-34(16-17-39(36)53-42)33-14-11-10-12-15-33)38-25-37-40(26-41(38)62-5)54(4)44-50(37)20-23-56-21-13-19-49(9-2,43(50)56)45(65-31(3)57)52(44,61)47(59)64-7/h10-17,19,24-26,32,43-45,53,60-61H,8-9,18,20-23,27-30H2,1-7H3/t32-,43+,44-,45-,48+,49-,50-,51+,52+/m1/s1. The number of benzene rings is 3. The molecule has 1 spiro atoms. The second-order valence-electron chi connectivity index (χ2n) is 19.8. The molecule has 0 radical (unpaired) electrons. The molecule has 2 bridgehead atoms. The molecule has 13 nitrogen and oxygen atoms in total. The largest absolute Gasteiger partial charge is 0.496 e. The summed E-state index contributed by atoms with van der Waals surface area (Å²) in [4.78, 5) is 53.8. The van der Waals surface area contributed by atoms with Crippen molar-refractivity contribution < 1.29 is 43.5 Å². The van der Waals surface area contributed by atoms with Crippen LogP contribution in [0.25, 0.3) is 22.0 Å². The fraction of sp³-hybridized carbons (Fsp3) is 0.519. The van der Waals surface area contributed by atoms with E-state index in [0.29, 0.717) is 82.6 Å². The monoisotopic (exact) mass is 886 g/mol. The van der Waals surface area contributed by atoms with Crippen LogP contribution in [0.1, 0.15) is 75.3 Å². The third-order valence-electron chi connectivity index (χ3n) is 16.8. The molecule has 1 aliphatic carbocycles. The number of aromatic nitrogens is 1. The number of anilines is 1. The van der Waals surface area contributed by atoms with Crippen LogP contribution < -0.4 is 9.64 Å². The molecule has 6 aliphatic rings. The molecule has 1 aromatic heterocycles. The Kier molecular flexibility index (Phi) is 10.4. The number of aliphatic hydroxyl groups is 2. The summed E-state index contributed by atoms with van der Waals surface area (Å²) in [5.74, 6) is -1.62. The minimum absolute atomic E-state index is 0.127. The molecule has 3 N–H and O–H groups in total. The average molecular weight is 887 g/mol. The van der Waals surface area contributed by atoms with Crippen LogP contribution in [-0.4, -0.2) is 133 Å². The zero-order valence-corrected chi connectivity index (χ0v) is 38.6. The highest BCUT2D eigenvalue weighted by atomic mass is 16.6. The van der Waals surface area contributed by atoms with Crippen molar-refractivity contribution in [2.24, 2.45) is 11.3 Å². The average Bonchev–Trinajstić information content (AvgIpc) is 3.97. The number of likely N-dealkylation sites (N-methyl/N-ethyl adjacent to an activating group) is 1. The summed E-state index contributed by atoms with van der Waals surface area (Å²) in [7, 11) is 6.17. The van der Waals surface area contributed by atoms with Crippen molar-refractivity contribution in [1.29, 1.82) is 0 Å². The lowest BCUT2D eigenvalue weighted by atomic mass is 9.47. The van der Waals surface area contributed by atoms with Crippen LogP contribution >= 0.6 is 0 Å². The van der Waals surface area contributed by atoms with E-state index in [4.69, 9.17) is 18.9 Å². The Morgan fingerprint density at radius 3 is 2.34 bits per heavy atom. The smallest absolute Gasteiger partial charge is 0.344 e. The molecule has 0 amide bonds. The maximum atomic E-state index is 15.6. The van der Waals surface area contributed by atoms with E-state index in [1.165, 1.54) is 21.1 Å². The van der Waals surface area contributed by atoms with Crippen LogP contribution in [0.5, 0.6) is 5.75 Å². The number of hydrogen-bond donors (Lipinski definition) is 3. The van der Waals surface area contributed by atoms with Crippen LogP contribution in [0.4, 0.5) is 5.69 Å². The summed E-state index contributed by atoms with van der Waals surface area (Å²) >= 11 is 0. The second kappa shape index (κ2) is 15.4. The first-order valence-electron chi connectivity index (χ1n) is 23.3. The molecule has 1 saturated carbocycles. The van der Waals surface area contributed by atoms with Crippen molar-refractivity contribution in [2.75, 3.05) is 66.0 Å². The minimum Gasteiger partial charge on any atom is -0.496 e. The number of H-pyrrole nitrogens is 1. The number of methoxy groups -OCH3 is 3. The fourth-order valence-corrected chi connectivity index (χ4v) is 14.4. The Morgan fingerprint density at radius 1 is 0.877 bits per heavy atom. The molecule has 2 saturated heterocycles. The van der Waals surface area contributed by atoms with Crippen molar-refractivity contribution in [2.45, 2.75) is 99.5 Å². The molecule has 344 valence electrons. The molecule has 5 aliphatic heterocycles. The molecule has 4 aromatic rings. The van der Waals surface area contributed by atoms with Crippen LogP contribution in [0.15, 0.2) is 72.8 Å². The summed E-state index contributed by atoms with van der Waals surface area (Å²) in [6.45, 7) is 8.55. The Labute approximate surface area is 380 Å². The van der Waals surface area contributed by atoms with E-state index < -0.39 is 57.5 Å². The van der Waals surface area contributed by atoms with Gasteiger partial charge in [-0.3, -0.25) is 19.4 Å². The first kappa shape index (κ1) is 43.7. The van der Waals surface area contributed by atoms with Crippen LogP contribution in [0.2, 0.25) is 0 Å². The number of fused-ring (bicyclic) bond motifs is 6. The Morgan fingerprint density at radius 2 is 1.65 bits per heavy atom. The minimum atomic E-state index is -2.32. The number of carbonyl (C=O) groups is 3. The van der Waals surface area contributed by atoms with E-state index in [-0.39, 0.29) is 12.0 Å². The SMILES string of the molecule is CC[C@]1(O)C[C@H]2CN(CCc3c([nH]c4ccc(-c5ccccc5)cc34)[C@@](C(=O)OC)(c3cc4c(cc3OC)N(C)[C@H]3[C@@](O)(C(=O)OC)[C@H](OC(C)=O)[C@]5(CC)C=CCN6CC[C@]43[C@@H]65)C2)C1. The van der Waals surface area contributed by atoms with Gasteiger partial charge < -0.3 is 39.0 Å². The lowest BCUT2D eigenvalue weighted by Crippen LogP contribution is -2.81. The third kappa shape index (κ3) is 5.93. The van der Waals surface area contributed by atoms with Gasteiger partial charge >= 0.3 is 17.9 Å². The molecular weight excluding hydrogens is 825 g/mol. The van der Waals surface area contributed by atoms with Gasteiger partial charge in [-0.15, -0.1) is 0 Å². The summed E-state index contributed by atoms with van der Waals surface area (Å²) in [6.07, 6.45) is 5.83. The van der Waals surface area contributed by atoms with Gasteiger partial charge in [-0.05, 0) is 91.4 Å². The topological polar surface area (TPSA) is 154 Å². The fourth-order valence-electron chi connectivity index (χ4n) is 14.4. The predicted octanol–water partition coefficient (Wildman–Crippen LogP) is 5.66. The number of rotatable bonds is 8. The van der Waals surface area contributed by atoms with Crippen molar-refractivity contribution in [3.63, 3.8) is 0 Å². The number of hydrogen-bond acceptors (Lipinski definition) is 12. The zero-order valence-electron chi connectivity index (χ0n) is 38.6. The van der Waals surface area contributed by atoms with Crippen molar-refractivity contribution >= 4 is 34.5 Å². The highest BCUT2D eigenvalue weighted by Crippen LogP contribution is 2.68. The number of nitrogens with one attached hydrogen (secondary N) is 1. The van der Waals surface area contributed by atoms with Gasteiger partial charge in [0.1, 0.15) is 11.2 Å². The van der Waals surface area contributed by atoms with E-state index in [2.05, 4.69) is 63.3 Å². The number of aromatic amines is 1. The van der Waals surface area contributed by atoms with Crippen LogP contribution in [-0.2, 0) is 45.8 Å². The number of esters is 3. The molecular formula is C52H62N4O9. The lowest BCUT2D eigenvalue weighted by molar-refractivity contribution is -0.228. The maximum Gasteiger partial charge on any atom is 0.344 e. The van der Waals surface area contributed by atoms with Gasteiger partial charge in [-0.1, -0.05) is 62.4 Å². The van der Waals surface area contributed by atoms with E-state index >= 15 is 4.79 Å². The van der Waals surface area contributed by atoms with Crippen LogP contribution in [0, 0.1) is 11.3 Å². The van der Waals surface area contributed by atoms with Crippen molar-refractivity contribution in [3.8, 4) is 16.9 Å². The molecule has 10 atom stereocenters. The molecule has 6 heterocycles. The van der Waals surface area contributed by atoms with Gasteiger partial charge in [0.05, 0.1) is 33.0 Å². The number of piperidine rings is 1. The quantitative estimate of drug-likeness (QED) is 0.114. The first-order chi connectivity index (χ1) is 31.2. The molecule has 65 heavy (non-hydrogen) atoms. The van der Waals surface area contributed by atoms with Gasteiger partial charge in [-0.25, -0.2) is 4.79 Å². The number of nitrogens with zero attached hydrogens (tertiary/aromatic N) is 3. The Balaban J connectivity index is 1.28. The van der Waals surface area contributed by atoms with Gasteiger partial charge in [0.2, 0.25) is 5.60 Å². The van der Waals surface area contributed by atoms with Gasteiger partial charge in [0.15, 0.2) is 6.10 Å². The third-order valence-corrected chi connectivity index (χ3v) is 16.8. The molecule has 3 aromatic carbocycles. The van der Waals surface area contributed by atoms with E-state index in [9.17, 15) is 19.8 Å². The Hall–Kier alpha value is -5.21. The van der Waals surface area contributed by atoms with Crippen LogP contribution in [0.3, 0.4) is 0 Å². The van der Waals surface area contributed by atoms with Gasteiger partial charge in [0, 0.05) is 90.9 Å². The van der Waals surface area contributed by atoms with Crippen molar-refractivity contribution in [3.05, 3.63) is 95.2 Å². The number of ether oxygens (including phenoxy) is 4. The van der Waals surface area contributed by atoms with Crippen molar-refractivity contribution in [1.82, 2.24) is 14.8 Å². The maximum absolute atomic E-state index is 15.6. The summed E-state index contributed by atoms with van der Waals surface area (Å²) < 4.78 is 24.2. The summed E-state index contributed by atoms with van der Waals surface area (Å²) in [6, 6.07) is 19.5.